The minimum Gasteiger partial charge on any atom is -0.383 e. The van der Waals surface area contributed by atoms with E-state index in [-0.39, 0.29) is 65.2 Å². The number of rotatable bonds is 21. The second kappa shape index (κ2) is 35.4. The lowest BCUT2D eigenvalue weighted by Crippen LogP contribution is -2.40. The quantitative estimate of drug-likeness (QED) is 0.0444. The number of hydrogen-bond acceptors (Lipinski definition) is 18. The van der Waals surface area contributed by atoms with E-state index in [1.54, 1.807) is 51.1 Å². The molecule has 6 aromatic carbocycles. The molecule has 582 valence electrons. The molecular weight excluding hydrogens is 1500 g/mol. The largest absolute Gasteiger partial charge is 0.416 e. The molecule has 29 heteroatoms. The highest BCUT2D eigenvalue weighted by Gasteiger charge is 2.34. The molecule has 3 aliphatic rings. The molecule has 0 unspecified atom stereocenters. The number of nitrogens with two attached hydrogens (primary N) is 3. The number of likely N-dealkylation sites (tertiary alicyclic amines) is 3. The van der Waals surface area contributed by atoms with E-state index in [0.29, 0.717) is 160 Å². The van der Waals surface area contributed by atoms with Gasteiger partial charge in [-0.2, -0.15) is 28.5 Å². The third-order valence-corrected chi connectivity index (χ3v) is 21.3. The first-order valence-electron chi connectivity index (χ1n) is 37.3. The molecule has 3 saturated heterocycles. The fraction of sp³-hybridized carbons (Fsp3) is 0.259. The molecule has 12 aromatic rings. The lowest BCUT2D eigenvalue weighted by molar-refractivity contribution is -0.137. The first kappa shape index (κ1) is 79.5. The molecule has 6 N–H and O–H groups in total. The number of nitrogen functional groups attached to an aromatic ring is 3. The number of amides is 3. The molecule has 114 heavy (non-hydrogen) atoms. The second-order valence-electron chi connectivity index (χ2n) is 28.0. The van der Waals surface area contributed by atoms with Crippen LogP contribution in [0.4, 0.5) is 30.6 Å². The van der Waals surface area contributed by atoms with Gasteiger partial charge in [0.2, 0.25) is 17.7 Å². The SMILES string of the molecule is C=CC(=O)N1CCC[C@@H](n2nc(-c3ccc(CCC(=O)c4ccc(C(F)(F)F)cc4)cc3)c3c(N)ncnc32)C1.C=CC(=O)N1CCC[C@@H](n2nc(-c3ccc(CCC(=O)c4cccc(Cl)c4)cc3)c3c(N)ncnc32)C1.C=CC(=O)N1CCC[C@@H](n2nc(-c3ccc(CCC(=O)c4ccccc4Cl)cc3)c3c(N)ncnc32)C1. The first-order chi connectivity index (χ1) is 55.0. The summed E-state index contributed by atoms with van der Waals surface area (Å²) in [6.07, 6.45) is 11.5. The third kappa shape index (κ3) is 18.0. The summed E-state index contributed by atoms with van der Waals surface area (Å²) in [6.45, 7) is 14.4. The van der Waals surface area contributed by atoms with E-state index in [1.807, 2.05) is 99.0 Å². The number of carbonyl (C=O) groups excluding carboxylic acids is 6. The number of piperidine rings is 3. The average Bonchev–Trinajstić information content (AvgIpc) is 1.62. The predicted octanol–water partition coefficient (Wildman–Crippen LogP) is 15.0. The van der Waals surface area contributed by atoms with Crippen molar-refractivity contribution in [2.75, 3.05) is 56.5 Å². The Bertz CT molecular complexity index is 5620. The zero-order valence-corrected chi connectivity index (χ0v) is 63.7. The second-order valence-corrected chi connectivity index (χ2v) is 28.9. The highest BCUT2D eigenvalue weighted by Crippen LogP contribution is 2.39. The van der Waals surface area contributed by atoms with Crippen LogP contribution >= 0.6 is 23.2 Å². The lowest BCUT2D eigenvalue weighted by Gasteiger charge is -2.32. The molecule has 0 radical (unpaired) electrons. The van der Waals surface area contributed by atoms with Gasteiger partial charge in [0.05, 0.1) is 44.9 Å². The Hall–Kier alpha value is -12.6. The number of aromatic nitrogens is 12. The summed E-state index contributed by atoms with van der Waals surface area (Å²) in [7, 11) is 0. The van der Waals surface area contributed by atoms with Crippen molar-refractivity contribution in [3.05, 3.63) is 252 Å². The van der Waals surface area contributed by atoms with E-state index in [2.05, 4.69) is 49.6 Å². The van der Waals surface area contributed by atoms with Crippen molar-refractivity contribution < 1.29 is 41.9 Å². The van der Waals surface area contributed by atoms with Gasteiger partial charge in [-0.1, -0.05) is 152 Å². The number of aryl methyl sites for hydroxylation is 3. The number of carbonyl (C=O) groups is 6. The molecule has 6 aromatic heterocycles. The smallest absolute Gasteiger partial charge is 0.383 e. The number of hydrogen-bond donors (Lipinski definition) is 3. The van der Waals surface area contributed by atoms with Crippen molar-refractivity contribution in [2.24, 2.45) is 0 Å². The number of ketones is 3. The summed E-state index contributed by atoms with van der Waals surface area (Å²) >= 11 is 12.2. The number of anilines is 3. The van der Waals surface area contributed by atoms with Gasteiger partial charge in [-0.05, 0) is 129 Å². The first-order valence-corrected chi connectivity index (χ1v) is 38.1. The van der Waals surface area contributed by atoms with E-state index in [4.69, 9.17) is 55.7 Å². The average molecular weight is 1580 g/mol. The maximum atomic E-state index is 12.8. The van der Waals surface area contributed by atoms with Crippen LogP contribution in [0.5, 0.6) is 0 Å². The third-order valence-electron chi connectivity index (χ3n) is 20.7. The molecular formula is C85H81Cl2F3N18O6. The molecule has 3 amide bonds. The van der Waals surface area contributed by atoms with Crippen LogP contribution in [-0.4, -0.2) is 148 Å². The van der Waals surface area contributed by atoms with Crippen molar-refractivity contribution in [1.29, 1.82) is 0 Å². The molecule has 24 nitrogen and oxygen atoms in total. The Balaban J connectivity index is 0.000000149. The van der Waals surface area contributed by atoms with Crippen molar-refractivity contribution in [2.45, 2.75) is 101 Å². The van der Waals surface area contributed by atoms with Gasteiger partial charge >= 0.3 is 6.18 Å². The minimum atomic E-state index is -4.44. The lowest BCUT2D eigenvalue weighted by atomic mass is 10.00. The fourth-order valence-corrected chi connectivity index (χ4v) is 15.1. The summed E-state index contributed by atoms with van der Waals surface area (Å²) in [5, 5.41) is 17.7. The van der Waals surface area contributed by atoms with Crippen LogP contribution in [-0.2, 0) is 39.8 Å². The molecule has 0 spiro atoms. The highest BCUT2D eigenvalue weighted by atomic mass is 35.5. The number of alkyl halides is 3. The van der Waals surface area contributed by atoms with Crippen molar-refractivity contribution in [3.63, 3.8) is 0 Å². The van der Waals surface area contributed by atoms with Crippen LogP contribution in [0.1, 0.15) is 129 Å². The molecule has 3 aliphatic heterocycles. The van der Waals surface area contributed by atoms with Crippen LogP contribution in [0, 0.1) is 0 Å². The number of benzene rings is 6. The van der Waals surface area contributed by atoms with E-state index in [1.165, 1.54) is 49.3 Å². The van der Waals surface area contributed by atoms with Crippen LogP contribution in [0.2, 0.25) is 10.0 Å². The fourth-order valence-electron chi connectivity index (χ4n) is 14.7. The van der Waals surface area contributed by atoms with E-state index >= 15 is 0 Å². The standard InChI is InChI=1S/C29H27F3N6O2.2C28H27ClN6O2/c1-2-24(40)37-15-3-4-22(16-37)38-28-25(27(33)34-17-35-28)26(36-38)20-8-5-18(6-9-20)7-14-23(39)19-10-12-21(13-11-19)29(30,31)32;1-2-24(37)34-14-4-7-22(16-34)35-28-25(27(30)31-17-32-28)26(33-35)19-11-8-18(9-12-19)10-13-23(36)20-5-3-6-21(29)15-20;1-2-24(37)34-15-5-6-20(16-34)35-28-25(27(30)31-17-32-28)26(33-35)19-12-9-18(10-13-19)11-14-23(36)21-7-3-4-8-22(21)29/h2,5-6,8-13,17,22H,1,3-4,7,14-16H2,(H2,33,34,35);2-3,5-6,8-9,11-12,15,17,22H,1,4,7,10,13-14,16H2,(H2,30,31,32);2-4,7-10,12-13,17,20H,1,5-6,11,14-16H2,(H2,30,31,32)/t2*22-;20-/m111/s1. The summed E-state index contributed by atoms with van der Waals surface area (Å²) in [5.41, 5.74) is 28.8. The van der Waals surface area contributed by atoms with Gasteiger partial charge in [-0.25, -0.2) is 43.9 Å². The van der Waals surface area contributed by atoms with E-state index < -0.39 is 11.7 Å². The molecule has 15 rings (SSSR count). The van der Waals surface area contributed by atoms with Crippen LogP contribution < -0.4 is 17.2 Å². The maximum absolute atomic E-state index is 12.8. The number of Topliss-reactive ketones (excluding diaryl/α,β-unsaturated/α-hetero) is 3. The van der Waals surface area contributed by atoms with Gasteiger partial charge in [-0.3, -0.25) is 28.8 Å². The Morgan fingerprint density at radius 1 is 0.439 bits per heavy atom. The van der Waals surface area contributed by atoms with Crippen molar-refractivity contribution in [1.82, 2.24) is 73.9 Å². The van der Waals surface area contributed by atoms with Crippen molar-refractivity contribution >= 4 is 109 Å². The zero-order valence-electron chi connectivity index (χ0n) is 62.2. The minimum absolute atomic E-state index is 0.0146. The highest BCUT2D eigenvalue weighted by molar-refractivity contribution is 6.34. The summed E-state index contributed by atoms with van der Waals surface area (Å²) in [4.78, 5) is 106. The van der Waals surface area contributed by atoms with Gasteiger partial charge in [0.1, 0.15) is 53.5 Å². The summed E-state index contributed by atoms with van der Waals surface area (Å²) < 4.78 is 43.9. The zero-order chi connectivity index (χ0) is 80.3. The van der Waals surface area contributed by atoms with E-state index in [9.17, 15) is 41.9 Å². The Labute approximate surface area is 664 Å². The summed E-state index contributed by atoms with van der Waals surface area (Å²) in [6, 6.07) is 41.6. The molecule has 3 fully saturated rings. The summed E-state index contributed by atoms with van der Waals surface area (Å²) in [5.74, 6) is 0.560. The van der Waals surface area contributed by atoms with Crippen molar-refractivity contribution in [3.8, 4) is 33.8 Å². The van der Waals surface area contributed by atoms with Gasteiger partial charge in [-0.15, -0.1) is 0 Å². The topological polar surface area (TPSA) is 321 Å². The normalized spacial score (nSPS) is 15.7. The van der Waals surface area contributed by atoms with Crippen LogP contribution in [0.15, 0.2) is 203 Å². The van der Waals surface area contributed by atoms with Gasteiger partial charge in [0.25, 0.3) is 0 Å². The number of fused-ring (bicyclic) bond motifs is 3. The molecule has 0 bridgehead atoms. The molecule has 3 atom stereocenters. The molecule has 0 aliphatic carbocycles. The Morgan fingerprint density at radius 3 is 1.15 bits per heavy atom. The molecule has 9 heterocycles. The van der Waals surface area contributed by atoms with E-state index in [0.717, 1.165) is 84.0 Å². The van der Waals surface area contributed by atoms with Crippen LogP contribution in [0.3, 0.4) is 0 Å². The van der Waals surface area contributed by atoms with Gasteiger partial charge in [0.15, 0.2) is 34.3 Å². The number of nitrogens with zero attached hydrogens (tertiary/aromatic N) is 15. The van der Waals surface area contributed by atoms with Crippen LogP contribution in [0.25, 0.3) is 66.9 Å². The predicted molar refractivity (Wildman–Crippen MR) is 433 cm³/mol. The Morgan fingerprint density at radius 2 is 0.798 bits per heavy atom. The number of halogens is 5. The van der Waals surface area contributed by atoms with Gasteiger partial charge in [0, 0.05) is 96.9 Å². The molecule has 0 saturated carbocycles. The van der Waals surface area contributed by atoms with Gasteiger partial charge < -0.3 is 31.9 Å². The Kier molecular flexibility index (Phi) is 24.7. The monoisotopic (exact) mass is 1580 g/mol. The maximum Gasteiger partial charge on any atom is 0.416 e.